The first-order valence-electron chi connectivity index (χ1n) is 7.45. The summed E-state index contributed by atoms with van der Waals surface area (Å²) >= 11 is 0. The van der Waals surface area contributed by atoms with E-state index in [-0.39, 0.29) is 18.9 Å². The van der Waals surface area contributed by atoms with Crippen LogP contribution in [0.3, 0.4) is 0 Å². The van der Waals surface area contributed by atoms with Crippen molar-refractivity contribution in [3.63, 3.8) is 0 Å². The van der Waals surface area contributed by atoms with Crippen molar-refractivity contribution in [2.45, 2.75) is 39.5 Å². The van der Waals surface area contributed by atoms with Gasteiger partial charge in [0.05, 0.1) is 0 Å². The minimum absolute atomic E-state index is 0.000517. The second-order valence-electron chi connectivity index (χ2n) is 5.11. The Hall–Kier alpha value is -1.98. The Bertz CT molecular complexity index is 501. The van der Waals surface area contributed by atoms with Crippen molar-refractivity contribution >= 4 is 17.5 Å². The Morgan fingerprint density at radius 3 is 2.32 bits per heavy atom. The molecule has 0 fully saturated rings. The topological polar surface area (TPSA) is 49.4 Å². The molecule has 0 unspecified atom stereocenters. The molecule has 0 saturated carbocycles. The van der Waals surface area contributed by atoms with Crippen LogP contribution in [0.1, 0.15) is 39.5 Å². The van der Waals surface area contributed by atoms with E-state index in [0.29, 0.717) is 6.54 Å². The van der Waals surface area contributed by atoms with Crippen molar-refractivity contribution in [2.24, 2.45) is 0 Å². The number of nitrogens with one attached hydrogen (secondary N) is 1. The second-order valence-corrected chi connectivity index (χ2v) is 5.11. The lowest BCUT2D eigenvalue weighted by molar-refractivity contribution is -0.129. The number of nitrogens with zero attached hydrogens (tertiary/aromatic N) is 1. The van der Waals surface area contributed by atoms with Crippen LogP contribution in [-0.4, -0.2) is 29.8 Å². The maximum absolute atomic E-state index is 13.4. The number of unbranched alkanes of at least 4 members (excludes halogenated alkanes) is 2. The molecule has 0 aliphatic rings. The van der Waals surface area contributed by atoms with E-state index in [2.05, 4.69) is 12.2 Å². The van der Waals surface area contributed by atoms with Crippen LogP contribution in [-0.2, 0) is 9.59 Å². The number of carbonyl (C=O) groups excluding carboxylic acids is 2. The molecule has 1 rings (SSSR count). The van der Waals surface area contributed by atoms with Crippen LogP contribution in [0.2, 0.25) is 0 Å². The largest absolute Gasteiger partial charge is 0.342 e. The summed E-state index contributed by atoms with van der Waals surface area (Å²) in [5, 5.41) is 2.21. The molecule has 0 aliphatic carbocycles. The third-order valence-electron chi connectivity index (χ3n) is 3.31. The van der Waals surface area contributed by atoms with Crippen molar-refractivity contribution in [2.75, 3.05) is 18.4 Å². The summed E-state index contributed by atoms with van der Waals surface area (Å²) in [4.78, 5) is 24.9. The van der Waals surface area contributed by atoms with Gasteiger partial charge in [-0.3, -0.25) is 9.59 Å². The minimum atomic E-state index is -0.820. The number of anilines is 1. The maximum atomic E-state index is 13.4. The minimum Gasteiger partial charge on any atom is -0.342 e. The molecule has 22 heavy (non-hydrogen) atoms. The molecule has 2 amide bonds. The van der Waals surface area contributed by atoms with Crippen molar-refractivity contribution in [1.82, 2.24) is 4.90 Å². The molecule has 0 heterocycles. The van der Waals surface area contributed by atoms with Gasteiger partial charge in [-0.05, 0) is 18.6 Å². The van der Waals surface area contributed by atoms with Crippen LogP contribution in [0.25, 0.3) is 0 Å². The van der Waals surface area contributed by atoms with E-state index in [1.807, 2.05) is 0 Å². The molecule has 0 atom stereocenters. The molecule has 1 aromatic carbocycles. The lowest BCUT2D eigenvalue weighted by Gasteiger charge is -2.20. The Balaban J connectivity index is 2.51. The highest BCUT2D eigenvalue weighted by Gasteiger charge is 2.14. The number of carbonyl (C=O) groups is 2. The average molecular weight is 312 g/mol. The van der Waals surface area contributed by atoms with Gasteiger partial charge in [-0.15, -0.1) is 0 Å². The molecule has 0 aromatic heterocycles. The van der Waals surface area contributed by atoms with Crippen molar-refractivity contribution in [1.29, 1.82) is 0 Å². The van der Waals surface area contributed by atoms with Crippen molar-refractivity contribution in [3.8, 4) is 0 Å². The van der Waals surface area contributed by atoms with E-state index in [1.54, 1.807) is 4.90 Å². The van der Waals surface area contributed by atoms with Gasteiger partial charge in [-0.1, -0.05) is 25.8 Å². The molecule has 0 aliphatic heterocycles. The Morgan fingerprint density at radius 2 is 1.77 bits per heavy atom. The molecule has 0 bridgehead atoms. The highest BCUT2D eigenvalue weighted by atomic mass is 19.1. The summed E-state index contributed by atoms with van der Waals surface area (Å²) in [6.07, 6.45) is 2.92. The van der Waals surface area contributed by atoms with Crippen LogP contribution in [0, 0.1) is 11.6 Å². The normalized spacial score (nSPS) is 10.4. The fourth-order valence-electron chi connectivity index (χ4n) is 2.04. The van der Waals surface area contributed by atoms with E-state index in [1.165, 1.54) is 13.0 Å². The summed E-state index contributed by atoms with van der Waals surface area (Å²) in [6.45, 7) is 4.33. The number of halogens is 2. The number of hydrogen-bond acceptors (Lipinski definition) is 2. The second kappa shape index (κ2) is 9.12. The van der Waals surface area contributed by atoms with E-state index in [9.17, 15) is 18.4 Å². The van der Waals surface area contributed by atoms with E-state index in [4.69, 9.17) is 0 Å². The monoisotopic (exact) mass is 312 g/mol. The highest BCUT2D eigenvalue weighted by Crippen LogP contribution is 2.18. The number of benzene rings is 1. The highest BCUT2D eigenvalue weighted by molar-refractivity contribution is 5.91. The van der Waals surface area contributed by atoms with Gasteiger partial charge < -0.3 is 10.2 Å². The maximum Gasteiger partial charge on any atom is 0.226 e. The van der Waals surface area contributed by atoms with Gasteiger partial charge in [-0.2, -0.15) is 0 Å². The first-order chi connectivity index (χ1) is 10.5. The molecule has 6 heteroatoms. The van der Waals surface area contributed by atoms with Crippen molar-refractivity contribution < 1.29 is 18.4 Å². The molecule has 0 saturated heterocycles. The Kier molecular flexibility index (Phi) is 7.49. The molecule has 122 valence electrons. The van der Waals surface area contributed by atoms with Gasteiger partial charge in [0.1, 0.15) is 17.3 Å². The third-order valence-corrected chi connectivity index (χ3v) is 3.31. The van der Waals surface area contributed by atoms with Gasteiger partial charge in [0.2, 0.25) is 11.8 Å². The zero-order chi connectivity index (χ0) is 16.5. The standard InChI is InChI=1S/C16H22F2N2O2/c1-3-4-5-10-20(12(2)21)11-9-15(22)19-16-13(17)7-6-8-14(16)18/h6-8H,3-5,9-11H2,1-2H3,(H,19,22). The summed E-state index contributed by atoms with van der Waals surface area (Å²) < 4.78 is 26.8. The smallest absolute Gasteiger partial charge is 0.226 e. The van der Waals surface area contributed by atoms with Crippen LogP contribution >= 0.6 is 0 Å². The molecule has 1 N–H and O–H groups in total. The van der Waals surface area contributed by atoms with E-state index in [0.717, 1.165) is 31.4 Å². The summed E-state index contributed by atoms with van der Waals surface area (Å²) in [6, 6.07) is 3.38. The summed E-state index contributed by atoms with van der Waals surface area (Å²) in [5.74, 6) is -2.27. The van der Waals surface area contributed by atoms with Crippen LogP contribution in [0.4, 0.5) is 14.5 Å². The number of hydrogen-bond donors (Lipinski definition) is 1. The van der Waals surface area contributed by atoms with Gasteiger partial charge in [0.15, 0.2) is 0 Å². The van der Waals surface area contributed by atoms with Crippen LogP contribution in [0.5, 0.6) is 0 Å². The van der Waals surface area contributed by atoms with E-state index < -0.39 is 23.2 Å². The van der Waals surface area contributed by atoms with Gasteiger partial charge in [0, 0.05) is 26.4 Å². The van der Waals surface area contributed by atoms with Crippen LogP contribution < -0.4 is 5.32 Å². The molecular weight excluding hydrogens is 290 g/mol. The molecule has 0 radical (unpaired) electrons. The predicted octanol–water partition coefficient (Wildman–Crippen LogP) is 3.33. The zero-order valence-electron chi connectivity index (χ0n) is 13.0. The zero-order valence-corrected chi connectivity index (χ0v) is 13.0. The summed E-state index contributed by atoms with van der Waals surface area (Å²) in [5.41, 5.74) is -0.451. The number of amides is 2. The van der Waals surface area contributed by atoms with Gasteiger partial charge >= 0.3 is 0 Å². The number of para-hydroxylation sites is 1. The average Bonchev–Trinajstić information content (AvgIpc) is 2.46. The molecular formula is C16H22F2N2O2. The predicted molar refractivity (Wildman–Crippen MR) is 81.4 cm³/mol. The fraction of sp³-hybridized carbons (Fsp3) is 0.500. The van der Waals surface area contributed by atoms with Gasteiger partial charge in [-0.25, -0.2) is 8.78 Å². The molecule has 1 aromatic rings. The third kappa shape index (κ3) is 5.79. The lowest BCUT2D eigenvalue weighted by Crippen LogP contribution is -2.33. The SMILES string of the molecule is CCCCCN(CCC(=O)Nc1c(F)cccc1F)C(C)=O. The quantitative estimate of drug-likeness (QED) is 0.749. The van der Waals surface area contributed by atoms with Crippen LogP contribution in [0.15, 0.2) is 18.2 Å². The fourth-order valence-corrected chi connectivity index (χ4v) is 2.04. The number of rotatable bonds is 8. The van der Waals surface area contributed by atoms with E-state index >= 15 is 0 Å². The van der Waals surface area contributed by atoms with Crippen molar-refractivity contribution in [3.05, 3.63) is 29.8 Å². The van der Waals surface area contributed by atoms with Gasteiger partial charge in [0.25, 0.3) is 0 Å². The first-order valence-corrected chi connectivity index (χ1v) is 7.45. The first kappa shape index (κ1) is 18.1. The summed E-state index contributed by atoms with van der Waals surface area (Å²) in [7, 11) is 0. The Morgan fingerprint density at radius 1 is 1.14 bits per heavy atom. The molecule has 4 nitrogen and oxygen atoms in total. The molecule has 0 spiro atoms. The lowest BCUT2D eigenvalue weighted by atomic mass is 10.2. The Labute approximate surface area is 129 Å².